The van der Waals surface area contributed by atoms with Gasteiger partial charge in [0.05, 0.1) is 12.6 Å². The fourth-order valence-electron chi connectivity index (χ4n) is 1.92. The molecule has 2 aromatic rings. The lowest BCUT2D eigenvalue weighted by molar-refractivity contribution is 0.156. The van der Waals surface area contributed by atoms with Crippen molar-refractivity contribution in [2.75, 3.05) is 6.54 Å². The van der Waals surface area contributed by atoms with Crippen LogP contribution in [0, 0.1) is 11.6 Å². The third-order valence-electron chi connectivity index (χ3n) is 3.00. The van der Waals surface area contributed by atoms with Gasteiger partial charge >= 0.3 is 0 Å². The van der Waals surface area contributed by atoms with Gasteiger partial charge in [-0.1, -0.05) is 12.1 Å². The smallest absolute Gasteiger partial charge is 0.250 e. The van der Waals surface area contributed by atoms with Crippen molar-refractivity contribution in [2.45, 2.75) is 17.5 Å². The molecule has 2 rings (SSSR count). The molecule has 0 aliphatic rings. The molecule has 0 radical (unpaired) electrons. The van der Waals surface area contributed by atoms with E-state index in [1.165, 1.54) is 22.9 Å². The topological polar surface area (TPSA) is 88.4 Å². The Morgan fingerprint density at radius 3 is 2.39 bits per heavy atom. The number of aliphatic hydroxyl groups is 1. The first-order valence-corrected chi connectivity index (χ1v) is 8.07. The van der Waals surface area contributed by atoms with Crippen LogP contribution in [0.4, 0.5) is 8.78 Å². The summed E-state index contributed by atoms with van der Waals surface area (Å²) in [5.74, 6) is -2.46. The van der Waals surface area contributed by atoms with Gasteiger partial charge in [0.1, 0.15) is 11.6 Å². The highest BCUT2D eigenvalue weighted by Gasteiger charge is 2.24. The van der Waals surface area contributed by atoms with Crippen molar-refractivity contribution in [1.29, 1.82) is 0 Å². The van der Waals surface area contributed by atoms with Crippen molar-refractivity contribution in [1.82, 2.24) is 9.29 Å². The van der Waals surface area contributed by atoms with Crippen LogP contribution in [0.15, 0.2) is 52.3 Å². The molecule has 0 saturated carbocycles. The van der Waals surface area contributed by atoms with Gasteiger partial charge in [-0.3, -0.25) is 4.79 Å². The largest absolute Gasteiger partial charge is 0.390 e. The van der Waals surface area contributed by atoms with Gasteiger partial charge in [0.15, 0.2) is 4.90 Å². The van der Waals surface area contributed by atoms with Gasteiger partial charge in [0, 0.05) is 18.8 Å². The lowest BCUT2D eigenvalue weighted by Crippen LogP contribution is -2.36. The average Bonchev–Trinajstić information content (AvgIpc) is 2.47. The van der Waals surface area contributed by atoms with Crippen LogP contribution in [-0.4, -0.2) is 30.7 Å². The van der Waals surface area contributed by atoms with Gasteiger partial charge in [0.25, 0.3) is 5.56 Å². The van der Waals surface area contributed by atoms with Gasteiger partial charge in [-0.15, -0.1) is 0 Å². The predicted molar refractivity (Wildman–Crippen MR) is 78.3 cm³/mol. The Bertz CT molecular complexity index is 832. The number of halogens is 2. The van der Waals surface area contributed by atoms with Gasteiger partial charge < -0.3 is 9.67 Å². The first kappa shape index (κ1) is 17.3. The highest BCUT2D eigenvalue weighted by atomic mass is 32.2. The summed E-state index contributed by atoms with van der Waals surface area (Å²) in [4.78, 5) is 10.4. The Labute approximate surface area is 131 Å². The SMILES string of the molecule is O=c1ccccn1CC(O)CNS(=O)(=O)c1c(F)cccc1F. The van der Waals surface area contributed by atoms with Crippen LogP contribution in [0.5, 0.6) is 0 Å². The molecule has 1 unspecified atom stereocenters. The van der Waals surface area contributed by atoms with Gasteiger partial charge in [-0.25, -0.2) is 21.9 Å². The summed E-state index contributed by atoms with van der Waals surface area (Å²) < 4.78 is 54.0. The second-order valence-electron chi connectivity index (χ2n) is 4.75. The van der Waals surface area contributed by atoms with Crippen molar-refractivity contribution in [3.63, 3.8) is 0 Å². The third kappa shape index (κ3) is 4.21. The zero-order valence-electron chi connectivity index (χ0n) is 11.8. The number of hydrogen-bond acceptors (Lipinski definition) is 4. The van der Waals surface area contributed by atoms with Gasteiger partial charge in [-0.05, 0) is 18.2 Å². The molecule has 124 valence electrons. The molecule has 0 aliphatic carbocycles. The normalized spacial score (nSPS) is 13.0. The molecule has 1 aromatic heterocycles. The van der Waals surface area contributed by atoms with Crippen LogP contribution in [0.1, 0.15) is 0 Å². The Morgan fingerprint density at radius 1 is 1.13 bits per heavy atom. The summed E-state index contributed by atoms with van der Waals surface area (Å²) in [6.07, 6.45) is 0.177. The lowest BCUT2D eigenvalue weighted by atomic mass is 10.3. The van der Waals surface area contributed by atoms with E-state index in [2.05, 4.69) is 0 Å². The summed E-state index contributed by atoms with van der Waals surface area (Å²) in [7, 11) is -4.47. The summed E-state index contributed by atoms with van der Waals surface area (Å²) in [5, 5.41) is 9.80. The highest BCUT2D eigenvalue weighted by Crippen LogP contribution is 2.17. The van der Waals surface area contributed by atoms with Crippen molar-refractivity contribution < 1.29 is 22.3 Å². The summed E-state index contributed by atoms with van der Waals surface area (Å²) in [6, 6.07) is 7.06. The Morgan fingerprint density at radius 2 is 1.78 bits per heavy atom. The molecule has 0 bridgehead atoms. The average molecular weight is 344 g/mol. The van der Waals surface area contributed by atoms with Gasteiger partial charge in [0.2, 0.25) is 10.0 Å². The summed E-state index contributed by atoms with van der Waals surface area (Å²) in [5.41, 5.74) is -0.366. The second-order valence-corrected chi connectivity index (χ2v) is 6.45. The number of aliphatic hydroxyl groups excluding tert-OH is 1. The van der Waals surface area contributed by atoms with E-state index in [1.54, 1.807) is 6.07 Å². The minimum absolute atomic E-state index is 0.165. The molecule has 6 nitrogen and oxygen atoms in total. The zero-order chi connectivity index (χ0) is 17.0. The molecule has 0 fully saturated rings. The molecular weight excluding hydrogens is 330 g/mol. The van der Waals surface area contributed by atoms with Crippen LogP contribution in [0.2, 0.25) is 0 Å². The van der Waals surface area contributed by atoms with E-state index < -0.39 is 39.2 Å². The number of nitrogens with one attached hydrogen (secondary N) is 1. The van der Waals surface area contributed by atoms with E-state index in [-0.39, 0.29) is 12.1 Å². The summed E-state index contributed by atoms with van der Waals surface area (Å²) >= 11 is 0. The second kappa shape index (κ2) is 6.99. The van der Waals surface area contributed by atoms with E-state index in [1.807, 2.05) is 4.72 Å². The van der Waals surface area contributed by atoms with Crippen molar-refractivity contribution in [2.24, 2.45) is 0 Å². The maximum atomic E-state index is 13.5. The molecule has 2 N–H and O–H groups in total. The van der Waals surface area contributed by atoms with Crippen LogP contribution in [0.3, 0.4) is 0 Å². The summed E-state index contributed by atoms with van der Waals surface area (Å²) in [6.45, 7) is -0.667. The van der Waals surface area contributed by atoms with E-state index >= 15 is 0 Å². The zero-order valence-corrected chi connectivity index (χ0v) is 12.6. The molecule has 9 heteroatoms. The van der Waals surface area contributed by atoms with E-state index in [9.17, 15) is 27.1 Å². The molecule has 23 heavy (non-hydrogen) atoms. The quantitative estimate of drug-likeness (QED) is 0.797. The molecule has 0 saturated heterocycles. The number of aromatic nitrogens is 1. The van der Waals surface area contributed by atoms with Crippen LogP contribution in [-0.2, 0) is 16.6 Å². The van der Waals surface area contributed by atoms with Crippen molar-refractivity contribution in [3.05, 3.63) is 64.6 Å². The first-order valence-electron chi connectivity index (χ1n) is 6.58. The number of nitrogens with zero attached hydrogens (tertiary/aromatic N) is 1. The molecule has 1 heterocycles. The van der Waals surface area contributed by atoms with Crippen molar-refractivity contribution >= 4 is 10.0 Å². The molecule has 1 aromatic carbocycles. The molecule has 0 amide bonds. The minimum Gasteiger partial charge on any atom is -0.390 e. The molecule has 1 atom stereocenters. The van der Waals surface area contributed by atoms with Crippen molar-refractivity contribution in [3.8, 4) is 0 Å². The first-order chi connectivity index (χ1) is 10.8. The number of hydrogen-bond donors (Lipinski definition) is 2. The van der Waals surface area contributed by atoms with Crippen LogP contribution in [0.25, 0.3) is 0 Å². The monoisotopic (exact) mass is 344 g/mol. The van der Waals surface area contributed by atoms with Crippen LogP contribution < -0.4 is 10.3 Å². The molecule has 0 aliphatic heterocycles. The molecular formula is C14H14F2N2O4S. The highest BCUT2D eigenvalue weighted by molar-refractivity contribution is 7.89. The number of sulfonamides is 1. The number of benzene rings is 1. The lowest BCUT2D eigenvalue weighted by Gasteiger charge is -2.14. The maximum absolute atomic E-state index is 13.5. The number of rotatable bonds is 6. The standard InChI is InChI=1S/C14H14F2N2O4S/c15-11-4-3-5-12(16)14(11)23(21,22)17-8-10(19)9-18-7-2-1-6-13(18)20/h1-7,10,17,19H,8-9H2. The third-order valence-corrected chi connectivity index (χ3v) is 4.48. The Balaban J connectivity index is 2.08. The fraction of sp³-hybridized carbons (Fsp3) is 0.214. The van der Waals surface area contributed by atoms with Crippen LogP contribution >= 0.6 is 0 Å². The number of pyridine rings is 1. The Kier molecular flexibility index (Phi) is 5.24. The predicted octanol–water partition coefficient (Wildman–Crippen LogP) is 0.466. The minimum atomic E-state index is -4.47. The maximum Gasteiger partial charge on any atom is 0.250 e. The van der Waals surface area contributed by atoms with E-state index in [0.717, 1.165) is 18.2 Å². The Hall–Kier alpha value is -2.10. The molecule has 0 spiro atoms. The fourth-order valence-corrected chi connectivity index (χ4v) is 3.13. The van der Waals surface area contributed by atoms with Gasteiger partial charge in [-0.2, -0.15) is 0 Å². The van der Waals surface area contributed by atoms with E-state index in [4.69, 9.17) is 0 Å². The van der Waals surface area contributed by atoms with E-state index in [0.29, 0.717) is 0 Å².